The average Bonchev–Trinajstić information content (AvgIpc) is 3.00. The number of aryl methyl sites for hydroxylation is 1. The minimum atomic E-state index is 0. The summed E-state index contributed by atoms with van der Waals surface area (Å²) in [4.78, 5) is 9.89. The molecule has 26 heavy (non-hydrogen) atoms. The van der Waals surface area contributed by atoms with Gasteiger partial charge in [-0.05, 0) is 44.9 Å². The molecule has 0 aliphatic heterocycles. The van der Waals surface area contributed by atoms with Gasteiger partial charge in [-0.15, -0.1) is 35.3 Å². The molecule has 0 radical (unpaired) electrons. The van der Waals surface area contributed by atoms with Gasteiger partial charge in [0.2, 0.25) is 0 Å². The maximum Gasteiger partial charge on any atom is 0.191 e. The van der Waals surface area contributed by atoms with Crippen LogP contribution in [-0.4, -0.2) is 37.2 Å². The van der Waals surface area contributed by atoms with Crippen LogP contribution in [0.1, 0.15) is 29.3 Å². The Labute approximate surface area is 177 Å². The van der Waals surface area contributed by atoms with E-state index in [9.17, 15) is 0 Å². The van der Waals surface area contributed by atoms with Gasteiger partial charge >= 0.3 is 0 Å². The van der Waals surface area contributed by atoms with Gasteiger partial charge in [0.15, 0.2) is 5.96 Å². The Kier molecular flexibility index (Phi) is 10.6. The van der Waals surface area contributed by atoms with Crippen LogP contribution in [-0.2, 0) is 12.8 Å². The number of thiazole rings is 1. The van der Waals surface area contributed by atoms with E-state index in [1.165, 1.54) is 10.4 Å². The summed E-state index contributed by atoms with van der Waals surface area (Å²) in [6.45, 7) is 7.81. The average molecular weight is 488 g/mol. The summed E-state index contributed by atoms with van der Waals surface area (Å²) in [5.74, 6) is 1.75. The molecule has 1 aromatic carbocycles. The number of ether oxygens (including phenoxy) is 1. The standard InChI is InChI=1S/C19H28N4OS.HI/c1-14(2)24-17-7-5-16(6-8-17)9-11-21-19(20-4)22-12-10-18-23-13-15(3)25-18;/h5-8,13-14H,9-12H2,1-4H3,(H2,20,21,22);1H. The molecule has 0 atom stereocenters. The molecule has 2 aromatic rings. The molecular formula is C19H29IN4OS. The first-order valence-corrected chi connectivity index (χ1v) is 9.50. The van der Waals surface area contributed by atoms with E-state index in [2.05, 4.69) is 39.7 Å². The number of rotatable bonds is 8. The molecule has 0 unspecified atom stereocenters. The molecule has 0 fully saturated rings. The lowest BCUT2D eigenvalue weighted by atomic mass is 10.1. The van der Waals surface area contributed by atoms with Crippen molar-refractivity contribution in [3.8, 4) is 5.75 Å². The molecule has 0 amide bonds. The Balaban J connectivity index is 0.00000338. The molecular weight excluding hydrogens is 459 g/mol. The third kappa shape index (κ3) is 8.35. The Bertz CT molecular complexity index is 670. The molecule has 2 N–H and O–H groups in total. The number of hydrogen-bond acceptors (Lipinski definition) is 4. The first kappa shape index (κ1) is 22.7. The number of nitrogens with one attached hydrogen (secondary N) is 2. The number of nitrogens with zero attached hydrogens (tertiary/aromatic N) is 2. The molecule has 7 heteroatoms. The van der Waals surface area contributed by atoms with Crippen LogP contribution in [0.5, 0.6) is 5.75 Å². The molecule has 144 valence electrons. The van der Waals surface area contributed by atoms with E-state index in [0.29, 0.717) is 0 Å². The van der Waals surface area contributed by atoms with Crippen LogP contribution in [0.25, 0.3) is 0 Å². The van der Waals surface area contributed by atoms with Crippen molar-refractivity contribution < 1.29 is 4.74 Å². The maximum atomic E-state index is 5.66. The minimum absolute atomic E-state index is 0. The van der Waals surface area contributed by atoms with Crippen LogP contribution >= 0.6 is 35.3 Å². The lowest BCUT2D eigenvalue weighted by Gasteiger charge is -2.12. The summed E-state index contributed by atoms with van der Waals surface area (Å²) in [6.07, 6.45) is 3.98. The van der Waals surface area contributed by atoms with E-state index < -0.39 is 0 Å². The normalized spacial score (nSPS) is 11.2. The van der Waals surface area contributed by atoms with E-state index in [4.69, 9.17) is 4.74 Å². The van der Waals surface area contributed by atoms with Crippen LogP contribution < -0.4 is 15.4 Å². The third-order valence-electron chi connectivity index (χ3n) is 3.53. The zero-order valence-electron chi connectivity index (χ0n) is 15.9. The van der Waals surface area contributed by atoms with Crippen LogP contribution in [0.3, 0.4) is 0 Å². The molecule has 0 saturated carbocycles. The van der Waals surface area contributed by atoms with Gasteiger partial charge in [-0.25, -0.2) is 4.98 Å². The molecule has 2 rings (SSSR count). The monoisotopic (exact) mass is 488 g/mol. The zero-order chi connectivity index (χ0) is 18.1. The molecule has 0 saturated heterocycles. The van der Waals surface area contributed by atoms with Crippen molar-refractivity contribution in [3.63, 3.8) is 0 Å². The van der Waals surface area contributed by atoms with E-state index in [-0.39, 0.29) is 30.1 Å². The van der Waals surface area contributed by atoms with Gasteiger partial charge < -0.3 is 15.4 Å². The molecule has 0 aliphatic carbocycles. The molecule has 0 spiro atoms. The van der Waals surface area contributed by atoms with Gasteiger partial charge in [0.25, 0.3) is 0 Å². The van der Waals surface area contributed by atoms with Gasteiger partial charge in [-0.2, -0.15) is 0 Å². The highest BCUT2D eigenvalue weighted by Gasteiger charge is 2.02. The highest BCUT2D eigenvalue weighted by atomic mass is 127. The number of guanidine groups is 1. The molecule has 0 bridgehead atoms. The van der Waals surface area contributed by atoms with Crippen LogP contribution in [0.4, 0.5) is 0 Å². The van der Waals surface area contributed by atoms with Gasteiger partial charge in [0.05, 0.1) is 11.1 Å². The lowest BCUT2D eigenvalue weighted by Crippen LogP contribution is -2.39. The van der Waals surface area contributed by atoms with Crippen LogP contribution in [0.15, 0.2) is 35.5 Å². The quantitative estimate of drug-likeness (QED) is 0.337. The second kappa shape index (κ2) is 12.1. The van der Waals surface area contributed by atoms with Crippen molar-refractivity contribution in [3.05, 3.63) is 45.9 Å². The highest BCUT2D eigenvalue weighted by Crippen LogP contribution is 2.14. The zero-order valence-corrected chi connectivity index (χ0v) is 19.1. The fourth-order valence-corrected chi connectivity index (χ4v) is 3.14. The predicted octanol–water partition coefficient (Wildman–Crippen LogP) is 3.81. The van der Waals surface area contributed by atoms with Gasteiger partial charge in [0.1, 0.15) is 5.75 Å². The second-order valence-electron chi connectivity index (χ2n) is 6.10. The summed E-state index contributed by atoms with van der Waals surface area (Å²) in [6, 6.07) is 8.28. The number of aromatic nitrogens is 1. The predicted molar refractivity (Wildman–Crippen MR) is 121 cm³/mol. The maximum absolute atomic E-state index is 5.66. The highest BCUT2D eigenvalue weighted by molar-refractivity contribution is 14.0. The first-order chi connectivity index (χ1) is 12.1. The Hall–Kier alpha value is -1.35. The SMILES string of the molecule is CN=C(NCCc1ccc(OC(C)C)cc1)NCCc1ncc(C)s1.I. The van der Waals surface area contributed by atoms with Gasteiger partial charge in [-0.3, -0.25) is 4.99 Å². The lowest BCUT2D eigenvalue weighted by molar-refractivity contribution is 0.242. The first-order valence-electron chi connectivity index (χ1n) is 8.68. The number of benzene rings is 1. The minimum Gasteiger partial charge on any atom is -0.491 e. The fourth-order valence-electron chi connectivity index (χ4n) is 2.36. The summed E-state index contributed by atoms with van der Waals surface area (Å²) in [7, 11) is 1.79. The summed E-state index contributed by atoms with van der Waals surface area (Å²) >= 11 is 1.75. The number of hydrogen-bond donors (Lipinski definition) is 2. The van der Waals surface area contributed by atoms with Gasteiger partial charge in [0, 0.05) is 37.6 Å². The van der Waals surface area contributed by atoms with E-state index in [0.717, 1.165) is 42.6 Å². The fraction of sp³-hybridized carbons (Fsp3) is 0.474. The Morgan fingerprint density at radius 1 is 1.15 bits per heavy atom. The molecule has 0 aliphatic rings. The van der Waals surface area contributed by atoms with E-state index >= 15 is 0 Å². The van der Waals surface area contributed by atoms with Crippen molar-refractivity contribution in [1.82, 2.24) is 15.6 Å². The molecule has 5 nitrogen and oxygen atoms in total. The Morgan fingerprint density at radius 2 is 1.81 bits per heavy atom. The van der Waals surface area contributed by atoms with Gasteiger partial charge in [-0.1, -0.05) is 12.1 Å². The largest absolute Gasteiger partial charge is 0.491 e. The van der Waals surface area contributed by atoms with Crippen molar-refractivity contribution in [2.45, 2.75) is 39.7 Å². The molecule has 1 aromatic heterocycles. The number of aliphatic imine (C=N–C) groups is 1. The van der Waals surface area contributed by atoms with E-state index in [1.54, 1.807) is 18.4 Å². The summed E-state index contributed by atoms with van der Waals surface area (Å²) in [5, 5.41) is 7.83. The second-order valence-corrected chi connectivity index (χ2v) is 7.42. The summed E-state index contributed by atoms with van der Waals surface area (Å²) in [5.41, 5.74) is 1.28. The van der Waals surface area contributed by atoms with Crippen LogP contribution in [0, 0.1) is 6.92 Å². The smallest absolute Gasteiger partial charge is 0.191 e. The number of halogens is 1. The van der Waals surface area contributed by atoms with Crippen molar-refractivity contribution in [2.75, 3.05) is 20.1 Å². The summed E-state index contributed by atoms with van der Waals surface area (Å²) < 4.78 is 5.66. The Morgan fingerprint density at radius 3 is 2.35 bits per heavy atom. The topological polar surface area (TPSA) is 58.5 Å². The van der Waals surface area contributed by atoms with E-state index in [1.807, 2.05) is 32.2 Å². The van der Waals surface area contributed by atoms with Crippen LogP contribution in [0.2, 0.25) is 0 Å². The third-order valence-corrected chi connectivity index (χ3v) is 4.50. The van der Waals surface area contributed by atoms with Crippen molar-refractivity contribution >= 4 is 41.3 Å². The van der Waals surface area contributed by atoms with Crippen molar-refractivity contribution in [1.29, 1.82) is 0 Å². The molecule has 1 heterocycles. The van der Waals surface area contributed by atoms with Crippen molar-refractivity contribution in [2.24, 2.45) is 4.99 Å².